The fraction of sp³-hybridized carbons (Fsp3) is 0.636. The number of carbonyl (C=O) groups excluding carboxylic acids is 2. The van der Waals surface area contributed by atoms with Gasteiger partial charge < -0.3 is 14.6 Å². The van der Waals surface area contributed by atoms with Crippen LogP contribution in [0, 0.1) is 5.92 Å². The molecule has 150 valence electrons. The van der Waals surface area contributed by atoms with E-state index in [0.29, 0.717) is 31.3 Å². The van der Waals surface area contributed by atoms with Gasteiger partial charge in [0.2, 0.25) is 0 Å². The summed E-state index contributed by atoms with van der Waals surface area (Å²) in [6.07, 6.45) is 7.25. The Kier molecular flexibility index (Phi) is 7.04. The van der Waals surface area contributed by atoms with Crippen LogP contribution in [0.15, 0.2) is 35.5 Å². The first kappa shape index (κ1) is 21.4. The van der Waals surface area contributed by atoms with Crippen LogP contribution in [0.3, 0.4) is 0 Å². The van der Waals surface area contributed by atoms with Gasteiger partial charge in [-0.1, -0.05) is 29.9 Å². The summed E-state index contributed by atoms with van der Waals surface area (Å²) in [5.41, 5.74) is 1.62. The fourth-order valence-corrected chi connectivity index (χ4v) is 3.83. The number of hydrogen-bond acceptors (Lipinski definition) is 5. The average Bonchev–Trinajstić information content (AvgIpc) is 2.80. The molecule has 1 aliphatic carbocycles. The molecule has 0 bridgehead atoms. The monoisotopic (exact) mass is 376 g/mol. The lowest BCUT2D eigenvalue weighted by molar-refractivity contribution is -0.164. The van der Waals surface area contributed by atoms with E-state index in [-0.39, 0.29) is 12.0 Å². The van der Waals surface area contributed by atoms with Gasteiger partial charge in [-0.05, 0) is 52.9 Å². The average molecular weight is 376 g/mol. The molecule has 2 aliphatic rings. The molecule has 1 aliphatic heterocycles. The Morgan fingerprint density at radius 3 is 2.63 bits per heavy atom. The van der Waals surface area contributed by atoms with Crippen molar-refractivity contribution in [1.29, 1.82) is 0 Å². The number of hydrogen-bond donors (Lipinski definition) is 1. The first-order valence-corrected chi connectivity index (χ1v) is 9.70. The van der Waals surface area contributed by atoms with E-state index < -0.39 is 23.6 Å². The molecule has 5 heteroatoms. The summed E-state index contributed by atoms with van der Waals surface area (Å²) in [5.74, 6) is -1.13. The molecule has 0 spiro atoms. The van der Waals surface area contributed by atoms with Crippen LogP contribution < -0.4 is 0 Å². The van der Waals surface area contributed by atoms with Gasteiger partial charge in [0.25, 0.3) is 0 Å². The van der Waals surface area contributed by atoms with Crippen molar-refractivity contribution in [3.63, 3.8) is 0 Å². The maximum absolute atomic E-state index is 12.1. The molecule has 1 saturated heterocycles. The number of rotatable bonds is 1. The van der Waals surface area contributed by atoms with Gasteiger partial charge in [0.1, 0.15) is 12.2 Å². The lowest BCUT2D eigenvalue weighted by atomic mass is 9.81. The minimum Gasteiger partial charge on any atom is -0.459 e. The Labute approximate surface area is 162 Å². The van der Waals surface area contributed by atoms with Gasteiger partial charge in [0, 0.05) is 24.8 Å². The molecule has 1 heterocycles. The molecule has 0 radical (unpaired) electrons. The summed E-state index contributed by atoms with van der Waals surface area (Å²) in [6, 6.07) is 0. The van der Waals surface area contributed by atoms with Crippen LogP contribution in [-0.4, -0.2) is 34.9 Å². The first-order valence-electron chi connectivity index (χ1n) is 9.70. The Bertz CT molecular complexity index is 656. The molecule has 0 unspecified atom stereocenters. The van der Waals surface area contributed by atoms with E-state index in [4.69, 9.17) is 9.47 Å². The van der Waals surface area contributed by atoms with E-state index in [1.807, 2.05) is 6.92 Å². The number of ether oxygens (including phenoxy) is 2. The van der Waals surface area contributed by atoms with Crippen molar-refractivity contribution in [2.45, 2.75) is 84.0 Å². The molecule has 0 aromatic rings. The van der Waals surface area contributed by atoms with Crippen LogP contribution in [0.1, 0.15) is 66.2 Å². The highest BCUT2D eigenvalue weighted by atomic mass is 16.6. The summed E-state index contributed by atoms with van der Waals surface area (Å²) >= 11 is 0. The van der Waals surface area contributed by atoms with E-state index >= 15 is 0 Å². The molecule has 1 fully saturated rings. The second-order valence-corrected chi connectivity index (χ2v) is 8.15. The predicted octanol–water partition coefficient (Wildman–Crippen LogP) is 4.01. The van der Waals surface area contributed by atoms with E-state index in [9.17, 15) is 14.7 Å². The first-order chi connectivity index (χ1) is 12.6. The predicted molar refractivity (Wildman–Crippen MR) is 104 cm³/mol. The van der Waals surface area contributed by atoms with Crippen molar-refractivity contribution in [2.75, 3.05) is 0 Å². The van der Waals surface area contributed by atoms with Crippen molar-refractivity contribution in [3.8, 4) is 0 Å². The maximum Gasteiger partial charge on any atom is 0.334 e. The summed E-state index contributed by atoms with van der Waals surface area (Å²) in [6.45, 7) is 11.0. The van der Waals surface area contributed by atoms with E-state index in [1.54, 1.807) is 6.92 Å². The number of fused-ring (bicyclic) bond motifs is 1. The van der Waals surface area contributed by atoms with Gasteiger partial charge in [-0.15, -0.1) is 0 Å². The van der Waals surface area contributed by atoms with Crippen molar-refractivity contribution >= 4 is 11.9 Å². The van der Waals surface area contributed by atoms with Crippen LogP contribution in [0.25, 0.3) is 0 Å². The zero-order valence-corrected chi connectivity index (χ0v) is 16.9. The summed E-state index contributed by atoms with van der Waals surface area (Å²) in [4.78, 5) is 23.7. The zero-order valence-electron chi connectivity index (χ0n) is 16.9. The molecule has 0 amide bonds. The van der Waals surface area contributed by atoms with Gasteiger partial charge in [-0.3, -0.25) is 4.79 Å². The minimum atomic E-state index is -1.20. The minimum absolute atomic E-state index is 0.281. The third-order valence-electron chi connectivity index (χ3n) is 5.58. The molecule has 27 heavy (non-hydrogen) atoms. The van der Waals surface area contributed by atoms with Gasteiger partial charge in [0.15, 0.2) is 0 Å². The quantitative estimate of drug-likeness (QED) is 0.425. The van der Waals surface area contributed by atoms with Crippen LogP contribution in [0.2, 0.25) is 0 Å². The molecule has 1 N–H and O–H groups in total. The Balaban J connectivity index is 2.34. The largest absolute Gasteiger partial charge is 0.459 e. The lowest BCUT2D eigenvalue weighted by Gasteiger charge is -2.34. The maximum atomic E-state index is 12.1. The van der Waals surface area contributed by atoms with Gasteiger partial charge in [0.05, 0.1) is 5.60 Å². The molecule has 5 nitrogen and oxygen atoms in total. The smallest absolute Gasteiger partial charge is 0.334 e. The van der Waals surface area contributed by atoms with Crippen molar-refractivity contribution in [3.05, 3.63) is 35.5 Å². The van der Waals surface area contributed by atoms with E-state index in [1.165, 1.54) is 12.5 Å². The van der Waals surface area contributed by atoms with Crippen molar-refractivity contribution < 1.29 is 24.2 Å². The number of aliphatic hydroxyl groups is 1. The summed E-state index contributed by atoms with van der Waals surface area (Å²) in [5, 5.41) is 11.0. The summed E-state index contributed by atoms with van der Waals surface area (Å²) < 4.78 is 11.0. The zero-order chi connectivity index (χ0) is 20.2. The molecule has 4 atom stereocenters. The second-order valence-electron chi connectivity index (χ2n) is 8.15. The topological polar surface area (TPSA) is 72.8 Å². The molecule has 2 rings (SSSR count). The Morgan fingerprint density at radius 2 is 1.96 bits per heavy atom. The highest BCUT2D eigenvalue weighted by Gasteiger charge is 2.44. The van der Waals surface area contributed by atoms with E-state index in [2.05, 4.69) is 25.7 Å². The second kappa shape index (κ2) is 8.87. The van der Waals surface area contributed by atoms with Gasteiger partial charge in [-0.25, -0.2) is 4.79 Å². The van der Waals surface area contributed by atoms with Gasteiger partial charge in [-0.2, -0.15) is 0 Å². The Morgan fingerprint density at radius 1 is 1.30 bits per heavy atom. The van der Waals surface area contributed by atoms with Gasteiger partial charge >= 0.3 is 11.9 Å². The molecule has 0 aromatic carbocycles. The van der Waals surface area contributed by atoms with Crippen molar-refractivity contribution in [2.24, 2.45) is 5.92 Å². The highest BCUT2D eigenvalue weighted by molar-refractivity contribution is 5.90. The number of allylic oxidation sites excluding steroid dienone is 3. The SMILES string of the molecule is C=C1C(=O)O[C@H]2C/C(C)=C\CC/C(C)=C\CC[C@@](C)(O)[C@@H](OC(C)=O)C[C@H]12. The highest BCUT2D eigenvalue weighted by Crippen LogP contribution is 2.37. The number of carbonyl (C=O) groups is 2. The number of esters is 2. The van der Waals surface area contributed by atoms with Crippen LogP contribution in [0.4, 0.5) is 0 Å². The molecular formula is C22H32O5. The summed E-state index contributed by atoms with van der Waals surface area (Å²) in [7, 11) is 0. The third kappa shape index (κ3) is 5.80. The van der Waals surface area contributed by atoms with Crippen LogP contribution in [0.5, 0.6) is 0 Å². The molecular weight excluding hydrogens is 344 g/mol. The Hall–Kier alpha value is -1.88. The third-order valence-corrected chi connectivity index (χ3v) is 5.58. The normalized spacial score (nSPS) is 37.1. The fourth-order valence-electron chi connectivity index (χ4n) is 3.83. The van der Waals surface area contributed by atoms with Crippen molar-refractivity contribution in [1.82, 2.24) is 0 Å². The molecule has 0 aromatic heterocycles. The van der Waals surface area contributed by atoms with E-state index in [0.717, 1.165) is 18.4 Å². The standard InChI is InChI=1S/C22H32O5/c1-14-8-6-9-15(2)12-19-18(16(3)21(24)27-19)13-20(26-17(4)23)22(5,25)11-7-10-14/h9-10,18-20,25H,3,6-8,11-13H2,1-2,4-5H3/b14-10-,15-9-/t18-,19+,20+,22-/m1/s1. The lowest BCUT2D eigenvalue weighted by Crippen LogP contribution is -2.44. The van der Waals surface area contributed by atoms with Crippen LogP contribution >= 0.6 is 0 Å². The molecule has 0 saturated carbocycles. The van der Waals surface area contributed by atoms with Crippen LogP contribution in [-0.2, 0) is 19.1 Å².